The van der Waals surface area contributed by atoms with Gasteiger partial charge in [0.25, 0.3) is 5.91 Å². The third-order valence-corrected chi connectivity index (χ3v) is 6.95. The predicted octanol–water partition coefficient (Wildman–Crippen LogP) is 5.32. The lowest BCUT2D eigenvalue weighted by molar-refractivity contribution is 0.0827. The van der Waals surface area contributed by atoms with E-state index in [1.807, 2.05) is 31.2 Å². The van der Waals surface area contributed by atoms with Gasteiger partial charge in [-0.2, -0.15) is 0 Å². The van der Waals surface area contributed by atoms with Gasteiger partial charge < -0.3 is 15.0 Å². The number of carbonyl (C=O) groups excluding carboxylic acids is 1. The van der Waals surface area contributed by atoms with E-state index in [9.17, 15) is 9.90 Å². The summed E-state index contributed by atoms with van der Waals surface area (Å²) in [5, 5.41) is 11.4. The van der Waals surface area contributed by atoms with E-state index in [-0.39, 0.29) is 11.8 Å². The summed E-state index contributed by atoms with van der Waals surface area (Å²) in [6, 6.07) is 22.5. The zero-order chi connectivity index (χ0) is 25.2. The summed E-state index contributed by atoms with van der Waals surface area (Å²) in [7, 11) is 3.45. The molecule has 1 aliphatic heterocycles. The smallest absolute Gasteiger partial charge is 0.253 e. The largest absolute Gasteiger partial charge is 0.494 e. The van der Waals surface area contributed by atoms with E-state index in [1.54, 1.807) is 25.1 Å². The van der Waals surface area contributed by atoms with Gasteiger partial charge in [-0.1, -0.05) is 36.4 Å². The molecule has 4 aromatic rings. The minimum Gasteiger partial charge on any atom is -0.494 e. The van der Waals surface area contributed by atoms with E-state index < -0.39 is 0 Å². The van der Waals surface area contributed by atoms with Gasteiger partial charge in [0.2, 0.25) is 0 Å². The molecule has 6 nitrogen and oxygen atoms in total. The lowest BCUT2D eigenvalue weighted by Gasteiger charge is -2.19. The summed E-state index contributed by atoms with van der Waals surface area (Å²) in [6.07, 6.45) is 2.18. The zero-order valence-corrected chi connectivity index (χ0v) is 21.1. The third-order valence-electron chi connectivity index (χ3n) is 6.95. The van der Waals surface area contributed by atoms with Crippen LogP contribution in [0.4, 0.5) is 5.69 Å². The van der Waals surface area contributed by atoms with E-state index in [0.717, 1.165) is 49.1 Å². The van der Waals surface area contributed by atoms with Crippen LogP contribution in [-0.4, -0.2) is 58.7 Å². The number of aromatic nitrogens is 1. The summed E-state index contributed by atoms with van der Waals surface area (Å²) < 4.78 is 0. The first-order valence-corrected chi connectivity index (χ1v) is 12.4. The van der Waals surface area contributed by atoms with E-state index in [0.29, 0.717) is 16.8 Å². The van der Waals surface area contributed by atoms with E-state index in [1.165, 1.54) is 16.7 Å². The number of rotatable bonds is 5. The van der Waals surface area contributed by atoms with Crippen molar-refractivity contribution in [3.8, 4) is 5.88 Å². The molecule has 0 bridgehead atoms. The van der Waals surface area contributed by atoms with Crippen molar-refractivity contribution in [2.24, 2.45) is 4.99 Å². The Bertz CT molecular complexity index is 1410. The molecule has 36 heavy (non-hydrogen) atoms. The van der Waals surface area contributed by atoms with Crippen LogP contribution >= 0.6 is 0 Å². The molecule has 2 heterocycles. The van der Waals surface area contributed by atoms with Crippen LogP contribution in [0.3, 0.4) is 0 Å². The minimum absolute atomic E-state index is 0.0551. The first kappa shape index (κ1) is 23.8. The molecule has 1 aliphatic rings. The fourth-order valence-corrected chi connectivity index (χ4v) is 4.99. The van der Waals surface area contributed by atoms with Crippen molar-refractivity contribution in [3.63, 3.8) is 0 Å². The van der Waals surface area contributed by atoms with Crippen molar-refractivity contribution >= 4 is 28.2 Å². The Labute approximate surface area is 211 Å². The number of amides is 1. The molecule has 0 saturated heterocycles. The van der Waals surface area contributed by atoms with Crippen molar-refractivity contribution in [2.45, 2.75) is 26.3 Å². The van der Waals surface area contributed by atoms with E-state index in [2.05, 4.69) is 46.3 Å². The molecule has 0 atom stereocenters. The second-order valence-electron chi connectivity index (χ2n) is 9.72. The Hall–Kier alpha value is -3.90. The Morgan fingerprint density at radius 2 is 1.67 bits per heavy atom. The van der Waals surface area contributed by atoms with Gasteiger partial charge in [-0.3, -0.25) is 14.7 Å². The van der Waals surface area contributed by atoms with Crippen molar-refractivity contribution in [1.82, 2.24) is 14.8 Å². The average Bonchev–Trinajstić information content (AvgIpc) is 3.07. The molecule has 0 unspecified atom stereocenters. The second-order valence-corrected chi connectivity index (χ2v) is 9.72. The van der Waals surface area contributed by atoms with Crippen LogP contribution in [-0.2, 0) is 19.4 Å². The number of H-pyrrole nitrogens is 1. The molecule has 0 radical (unpaired) electrons. The molecule has 1 aromatic heterocycles. The van der Waals surface area contributed by atoms with Gasteiger partial charge in [-0.15, -0.1) is 0 Å². The first-order chi connectivity index (χ1) is 17.4. The van der Waals surface area contributed by atoms with Crippen molar-refractivity contribution in [1.29, 1.82) is 0 Å². The number of benzene rings is 3. The highest BCUT2D eigenvalue weighted by Crippen LogP contribution is 2.30. The van der Waals surface area contributed by atoms with Crippen LogP contribution in [0.1, 0.15) is 39.5 Å². The topological polar surface area (TPSA) is 71.9 Å². The van der Waals surface area contributed by atoms with Gasteiger partial charge in [0.05, 0.1) is 17.0 Å². The summed E-state index contributed by atoms with van der Waals surface area (Å²) >= 11 is 0. The summed E-state index contributed by atoms with van der Waals surface area (Å²) in [5.74, 6) is -0.0264. The van der Waals surface area contributed by atoms with Crippen LogP contribution < -0.4 is 0 Å². The minimum atomic E-state index is -0.0815. The molecule has 6 heteroatoms. The first-order valence-electron chi connectivity index (χ1n) is 12.4. The van der Waals surface area contributed by atoms with Crippen LogP contribution in [0.15, 0.2) is 71.7 Å². The molecule has 3 aromatic carbocycles. The van der Waals surface area contributed by atoms with Crippen LogP contribution in [0.2, 0.25) is 0 Å². The Morgan fingerprint density at radius 3 is 2.31 bits per heavy atom. The zero-order valence-electron chi connectivity index (χ0n) is 21.1. The van der Waals surface area contributed by atoms with Gasteiger partial charge in [0, 0.05) is 50.2 Å². The molecule has 0 saturated carbocycles. The maximum Gasteiger partial charge on any atom is 0.253 e. The van der Waals surface area contributed by atoms with Gasteiger partial charge >= 0.3 is 0 Å². The fraction of sp³-hybridized carbons (Fsp3) is 0.267. The maximum absolute atomic E-state index is 12.4. The third kappa shape index (κ3) is 4.90. The second kappa shape index (κ2) is 9.99. The number of carbonyl (C=O) groups is 1. The number of hydrogen-bond acceptors (Lipinski definition) is 4. The number of aromatic amines is 1. The van der Waals surface area contributed by atoms with Gasteiger partial charge in [0.1, 0.15) is 0 Å². The summed E-state index contributed by atoms with van der Waals surface area (Å²) in [6.45, 7) is 4.93. The number of fused-ring (bicyclic) bond motifs is 2. The normalized spacial score (nSPS) is 14.5. The number of aliphatic imine (C=N–C) groups is 1. The van der Waals surface area contributed by atoms with E-state index >= 15 is 0 Å². The molecule has 1 amide bonds. The molecular weight excluding hydrogens is 448 g/mol. The van der Waals surface area contributed by atoms with Crippen LogP contribution in [0, 0.1) is 0 Å². The lowest BCUT2D eigenvalue weighted by atomic mass is 10.0. The standard InChI is InChI=1S/C30H32N4O2/c1-20(28-26-18-24(30(36)33(2)3)10-13-27(26)32-29(28)35)31-25-11-8-21(9-12-25)19-34-16-14-22-6-4-5-7-23(22)15-17-34/h4-13,18,32,35H,14-17,19H2,1-3H3. The van der Waals surface area contributed by atoms with E-state index in [4.69, 9.17) is 4.99 Å². The van der Waals surface area contributed by atoms with Gasteiger partial charge in [-0.05, 0) is 66.8 Å². The number of nitrogens with zero attached hydrogens (tertiary/aromatic N) is 3. The summed E-state index contributed by atoms with van der Waals surface area (Å²) in [5.41, 5.74) is 7.67. The van der Waals surface area contributed by atoms with Gasteiger partial charge in [0.15, 0.2) is 5.88 Å². The monoisotopic (exact) mass is 480 g/mol. The number of aromatic hydroxyl groups is 1. The molecule has 184 valence electrons. The Kier molecular flexibility index (Phi) is 6.61. The molecule has 2 N–H and O–H groups in total. The maximum atomic E-state index is 12.4. The number of hydrogen-bond donors (Lipinski definition) is 2. The molecule has 0 spiro atoms. The van der Waals surface area contributed by atoms with Crippen molar-refractivity contribution in [2.75, 3.05) is 27.2 Å². The predicted molar refractivity (Wildman–Crippen MR) is 145 cm³/mol. The highest BCUT2D eigenvalue weighted by atomic mass is 16.3. The van der Waals surface area contributed by atoms with Crippen molar-refractivity contribution in [3.05, 3.63) is 94.5 Å². The van der Waals surface area contributed by atoms with Gasteiger partial charge in [-0.25, -0.2) is 0 Å². The summed E-state index contributed by atoms with van der Waals surface area (Å²) in [4.78, 5) is 24.3. The average molecular weight is 481 g/mol. The Morgan fingerprint density at radius 1 is 1.00 bits per heavy atom. The van der Waals surface area contributed by atoms with Crippen molar-refractivity contribution < 1.29 is 9.90 Å². The fourth-order valence-electron chi connectivity index (χ4n) is 4.99. The lowest BCUT2D eigenvalue weighted by Crippen LogP contribution is -2.25. The van der Waals surface area contributed by atoms with Crippen LogP contribution in [0.5, 0.6) is 5.88 Å². The molecule has 5 rings (SSSR count). The molecular formula is C30H32N4O2. The SMILES string of the molecule is CC(=Nc1ccc(CN2CCc3ccccc3CC2)cc1)c1c(O)[nH]c2ccc(C(=O)N(C)C)cc12. The van der Waals surface area contributed by atoms with Crippen LogP contribution in [0.25, 0.3) is 10.9 Å². The highest BCUT2D eigenvalue weighted by molar-refractivity contribution is 6.13. The quantitative estimate of drug-likeness (QED) is 0.380. The molecule has 0 aliphatic carbocycles. The Balaban J connectivity index is 1.33. The number of nitrogens with one attached hydrogen (secondary N) is 1. The highest BCUT2D eigenvalue weighted by Gasteiger charge is 2.17. The molecule has 0 fully saturated rings.